The van der Waals surface area contributed by atoms with Crippen LogP contribution in [0, 0.1) is 0 Å². The minimum Gasteiger partial charge on any atom is -0.497 e. The van der Waals surface area contributed by atoms with E-state index in [2.05, 4.69) is 10.1 Å². The average molecular weight is 388 g/mol. The van der Waals surface area contributed by atoms with Crippen LogP contribution in [-0.4, -0.2) is 26.3 Å². The molecule has 0 amide bonds. The summed E-state index contributed by atoms with van der Waals surface area (Å²) in [7, 11) is 3.64. The van der Waals surface area contributed by atoms with Gasteiger partial charge in [-0.3, -0.25) is 4.79 Å². The summed E-state index contributed by atoms with van der Waals surface area (Å²) < 4.78 is 8.78. The molecule has 7 heteroatoms. The lowest BCUT2D eigenvalue weighted by Crippen LogP contribution is -2.14. The molecule has 2 aromatic carbocycles. The Morgan fingerprint density at radius 2 is 1.89 bits per heavy atom. The number of ether oxygens (including phenoxy) is 1. The number of benzene rings is 2. The zero-order valence-corrected chi connectivity index (χ0v) is 16.1. The van der Waals surface area contributed by atoms with Gasteiger partial charge in [0.25, 0.3) is 5.56 Å². The molecule has 0 spiro atoms. The van der Waals surface area contributed by atoms with Gasteiger partial charge in [-0.25, -0.2) is 4.98 Å². The van der Waals surface area contributed by atoms with Crippen LogP contribution in [0.3, 0.4) is 0 Å². The number of fused-ring (bicyclic) bond motifs is 2. The molecule has 28 heavy (non-hydrogen) atoms. The molecule has 0 radical (unpaired) electrons. The van der Waals surface area contributed by atoms with Gasteiger partial charge in [0.1, 0.15) is 10.8 Å². The van der Waals surface area contributed by atoms with Crippen molar-refractivity contribution >= 4 is 27.2 Å². The van der Waals surface area contributed by atoms with E-state index in [0.717, 1.165) is 32.8 Å². The Labute approximate surface area is 164 Å². The highest BCUT2D eigenvalue weighted by atomic mass is 32.1. The van der Waals surface area contributed by atoms with Crippen molar-refractivity contribution in [1.29, 1.82) is 0 Å². The summed E-state index contributed by atoms with van der Waals surface area (Å²) in [5.74, 6) is 0.780. The summed E-state index contributed by atoms with van der Waals surface area (Å²) >= 11 is 1.40. The van der Waals surface area contributed by atoms with Crippen LogP contribution in [-0.2, 0) is 7.05 Å². The number of aryl methyl sites for hydroxylation is 1. The topological polar surface area (TPSA) is 61.4 Å². The summed E-state index contributed by atoms with van der Waals surface area (Å²) in [6.07, 6.45) is 2.02. The molecule has 0 fully saturated rings. The van der Waals surface area contributed by atoms with E-state index >= 15 is 0 Å². The van der Waals surface area contributed by atoms with Crippen LogP contribution in [0.4, 0.5) is 0 Å². The van der Waals surface area contributed by atoms with Gasteiger partial charge in [-0.15, -0.1) is 0 Å². The third kappa shape index (κ3) is 2.59. The van der Waals surface area contributed by atoms with Gasteiger partial charge in [-0.2, -0.15) is 9.61 Å². The minimum absolute atomic E-state index is 0.191. The molecule has 0 atom stereocenters. The molecular weight excluding hydrogens is 372 g/mol. The van der Waals surface area contributed by atoms with Crippen molar-refractivity contribution in [2.45, 2.75) is 0 Å². The summed E-state index contributed by atoms with van der Waals surface area (Å²) in [5.41, 5.74) is 3.39. The maximum Gasteiger partial charge on any atom is 0.275 e. The number of hydrogen-bond acceptors (Lipinski definition) is 5. The smallest absolute Gasteiger partial charge is 0.275 e. The second-order valence-electron chi connectivity index (χ2n) is 6.48. The first-order valence-corrected chi connectivity index (χ1v) is 9.55. The molecule has 5 rings (SSSR count). The van der Waals surface area contributed by atoms with Crippen LogP contribution in [0.1, 0.15) is 0 Å². The zero-order valence-electron chi connectivity index (χ0n) is 15.3. The lowest BCUT2D eigenvalue weighted by Gasteiger charge is -2.00. The highest BCUT2D eigenvalue weighted by Gasteiger charge is 2.16. The van der Waals surface area contributed by atoms with Gasteiger partial charge in [0.05, 0.1) is 12.8 Å². The van der Waals surface area contributed by atoms with E-state index in [0.29, 0.717) is 10.7 Å². The van der Waals surface area contributed by atoms with Gasteiger partial charge in [0, 0.05) is 41.3 Å². The molecule has 3 aromatic heterocycles. The normalized spacial score (nSPS) is 11.4. The van der Waals surface area contributed by atoms with E-state index in [-0.39, 0.29) is 5.56 Å². The van der Waals surface area contributed by atoms with Crippen molar-refractivity contribution in [3.8, 4) is 27.6 Å². The third-order valence-electron chi connectivity index (χ3n) is 4.74. The van der Waals surface area contributed by atoms with E-state index in [1.54, 1.807) is 7.11 Å². The minimum atomic E-state index is -0.191. The fourth-order valence-corrected chi connectivity index (χ4v) is 4.27. The van der Waals surface area contributed by atoms with Gasteiger partial charge >= 0.3 is 0 Å². The number of aromatic nitrogens is 4. The van der Waals surface area contributed by atoms with Crippen LogP contribution in [0.5, 0.6) is 5.75 Å². The Bertz CT molecular complexity index is 1380. The SMILES string of the molecule is COc1ccc2c(c1)c(-c1nn3c(=O)cc(-c4ccccc4)nc3s1)cn2C. The number of rotatable bonds is 3. The predicted octanol–water partition coefficient (Wildman–Crippen LogP) is 3.99. The van der Waals surface area contributed by atoms with Crippen LogP contribution >= 0.6 is 11.3 Å². The Hall–Kier alpha value is -3.45. The van der Waals surface area contributed by atoms with Gasteiger partial charge < -0.3 is 9.30 Å². The van der Waals surface area contributed by atoms with Crippen molar-refractivity contribution in [1.82, 2.24) is 19.2 Å². The summed E-state index contributed by atoms with van der Waals surface area (Å²) in [6, 6.07) is 17.1. The molecule has 6 nitrogen and oxygen atoms in total. The molecule has 0 aliphatic rings. The summed E-state index contributed by atoms with van der Waals surface area (Å²) in [5, 5.41) is 6.31. The molecule has 0 saturated carbocycles. The maximum absolute atomic E-state index is 12.6. The first-order chi connectivity index (χ1) is 13.6. The molecule has 0 bridgehead atoms. The first-order valence-electron chi connectivity index (χ1n) is 8.74. The van der Waals surface area contributed by atoms with E-state index in [1.807, 2.05) is 66.3 Å². The Morgan fingerprint density at radius 1 is 1.07 bits per heavy atom. The lowest BCUT2D eigenvalue weighted by molar-refractivity contribution is 0.415. The molecule has 0 N–H and O–H groups in total. The summed E-state index contributed by atoms with van der Waals surface area (Å²) in [6.45, 7) is 0. The second-order valence-corrected chi connectivity index (χ2v) is 7.44. The molecule has 5 aromatic rings. The first kappa shape index (κ1) is 16.7. The highest BCUT2D eigenvalue weighted by molar-refractivity contribution is 7.19. The summed E-state index contributed by atoms with van der Waals surface area (Å²) in [4.78, 5) is 17.9. The van der Waals surface area contributed by atoms with Crippen molar-refractivity contribution in [2.75, 3.05) is 7.11 Å². The van der Waals surface area contributed by atoms with Gasteiger partial charge in [-0.05, 0) is 18.2 Å². The van der Waals surface area contributed by atoms with Crippen molar-refractivity contribution in [3.63, 3.8) is 0 Å². The fraction of sp³-hybridized carbons (Fsp3) is 0.0952. The van der Waals surface area contributed by atoms with E-state index < -0.39 is 0 Å². The van der Waals surface area contributed by atoms with Gasteiger partial charge in [-0.1, -0.05) is 41.7 Å². The predicted molar refractivity (Wildman–Crippen MR) is 111 cm³/mol. The van der Waals surface area contributed by atoms with Gasteiger partial charge in [0.15, 0.2) is 0 Å². The number of methoxy groups -OCH3 is 1. The number of nitrogens with zero attached hydrogens (tertiary/aromatic N) is 4. The lowest BCUT2D eigenvalue weighted by atomic mass is 10.1. The molecule has 3 heterocycles. The molecule has 138 valence electrons. The average Bonchev–Trinajstić information content (AvgIpc) is 3.30. The second kappa shape index (κ2) is 6.31. The quantitative estimate of drug-likeness (QED) is 0.469. The standard InChI is InChI=1S/C21H16N4O2S/c1-24-12-16(15-10-14(27-2)8-9-18(15)24)20-23-25-19(26)11-17(22-21(25)28-20)13-6-4-3-5-7-13/h3-12H,1-2H3. The van der Waals surface area contributed by atoms with Crippen LogP contribution < -0.4 is 10.3 Å². The Kier molecular flexibility index (Phi) is 3.77. The monoisotopic (exact) mass is 388 g/mol. The van der Waals surface area contributed by atoms with Gasteiger partial charge in [0.2, 0.25) is 4.96 Å². The van der Waals surface area contributed by atoms with E-state index in [9.17, 15) is 4.79 Å². The number of hydrogen-bond donors (Lipinski definition) is 0. The van der Waals surface area contributed by atoms with Crippen molar-refractivity contribution in [2.24, 2.45) is 7.05 Å². The van der Waals surface area contributed by atoms with E-state index in [1.165, 1.54) is 21.9 Å². The Balaban J connectivity index is 1.72. The van der Waals surface area contributed by atoms with Crippen LogP contribution in [0.25, 0.3) is 37.7 Å². The molecule has 0 aliphatic carbocycles. The molecule has 0 aliphatic heterocycles. The van der Waals surface area contributed by atoms with Crippen LogP contribution in [0.2, 0.25) is 0 Å². The Morgan fingerprint density at radius 3 is 2.68 bits per heavy atom. The van der Waals surface area contributed by atoms with Crippen molar-refractivity contribution in [3.05, 3.63) is 71.1 Å². The molecule has 0 saturated heterocycles. The van der Waals surface area contributed by atoms with Crippen molar-refractivity contribution < 1.29 is 4.74 Å². The largest absolute Gasteiger partial charge is 0.497 e. The molecular formula is C21H16N4O2S. The third-order valence-corrected chi connectivity index (χ3v) is 5.68. The maximum atomic E-state index is 12.6. The zero-order chi connectivity index (χ0) is 19.3. The molecule has 0 unspecified atom stereocenters. The van der Waals surface area contributed by atoms with Crippen LogP contribution in [0.15, 0.2) is 65.6 Å². The fourth-order valence-electron chi connectivity index (χ4n) is 3.35. The van der Waals surface area contributed by atoms with E-state index in [4.69, 9.17) is 4.74 Å². The highest BCUT2D eigenvalue weighted by Crippen LogP contribution is 2.34.